The molecule has 3 atom stereocenters. The molecule has 1 N–H and O–H groups in total. The summed E-state index contributed by atoms with van der Waals surface area (Å²) < 4.78 is 8.53. The van der Waals surface area contributed by atoms with E-state index in [-0.39, 0.29) is 18.1 Å². The van der Waals surface area contributed by atoms with E-state index in [0.29, 0.717) is 6.61 Å². The van der Waals surface area contributed by atoms with Gasteiger partial charge >= 0.3 is 0 Å². The summed E-state index contributed by atoms with van der Waals surface area (Å²) >= 11 is 0. The fourth-order valence-electron chi connectivity index (χ4n) is 4.57. The van der Waals surface area contributed by atoms with E-state index in [1.54, 1.807) is 0 Å². The van der Waals surface area contributed by atoms with Gasteiger partial charge in [-0.1, -0.05) is 71.9 Å². The monoisotopic (exact) mass is 412 g/mol. The number of hydrogen-bond acceptors (Lipinski definition) is 4. The molecule has 0 radical (unpaired) electrons. The SMILES string of the molecule is CC(c1ccccc1)n1nncc1[C@@H]1CCNC[C@H]1OCc1ccc2ccccc2c1. The summed E-state index contributed by atoms with van der Waals surface area (Å²) in [5.41, 5.74) is 3.59. The van der Waals surface area contributed by atoms with Gasteiger partial charge in [0.2, 0.25) is 0 Å². The zero-order valence-electron chi connectivity index (χ0n) is 17.8. The maximum atomic E-state index is 6.46. The summed E-state index contributed by atoms with van der Waals surface area (Å²) in [7, 11) is 0. The molecule has 1 aliphatic rings. The molecule has 0 saturated carbocycles. The summed E-state index contributed by atoms with van der Waals surface area (Å²) in [6, 6.07) is 25.6. The molecule has 1 saturated heterocycles. The second kappa shape index (κ2) is 9.00. The Morgan fingerprint density at radius 1 is 1.03 bits per heavy atom. The predicted molar refractivity (Wildman–Crippen MR) is 123 cm³/mol. The normalized spacial score (nSPS) is 20.0. The van der Waals surface area contributed by atoms with Crippen LogP contribution in [0.4, 0.5) is 0 Å². The Morgan fingerprint density at radius 2 is 1.84 bits per heavy atom. The molecule has 158 valence electrons. The van der Waals surface area contributed by atoms with E-state index in [0.717, 1.165) is 25.2 Å². The Hall–Kier alpha value is -3.02. The molecule has 31 heavy (non-hydrogen) atoms. The fourth-order valence-corrected chi connectivity index (χ4v) is 4.57. The Morgan fingerprint density at radius 3 is 2.71 bits per heavy atom. The van der Waals surface area contributed by atoms with Crippen molar-refractivity contribution >= 4 is 10.8 Å². The molecule has 5 heteroatoms. The van der Waals surface area contributed by atoms with Gasteiger partial charge in [-0.2, -0.15) is 0 Å². The van der Waals surface area contributed by atoms with Crippen LogP contribution in [0.2, 0.25) is 0 Å². The molecule has 1 unspecified atom stereocenters. The summed E-state index contributed by atoms with van der Waals surface area (Å²) in [4.78, 5) is 0. The van der Waals surface area contributed by atoms with Crippen LogP contribution in [0.25, 0.3) is 10.8 Å². The number of aromatic nitrogens is 3. The highest BCUT2D eigenvalue weighted by atomic mass is 16.5. The average Bonchev–Trinajstić information content (AvgIpc) is 3.32. The highest BCUT2D eigenvalue weighted by molar-refractivity contribution is 5.82. The smallest absolute Gasteiger partial charge is 0.0788 e. The first kappa shape index (κ1) is 19.9. The average molecular weight is 413 g/mol. The number of benzene rings is 3. The maximum Gasteiger partial charge on any atom is 0.0788 e. The van der Waals surface area contributed by atoms with Gasteiger partial charge in [0.1, 0.15) is 0 Å². The van der Waals surface area contributed by atoms with Crippen LogP contribution in [0.5, 0.6) is 0 Å². The van der Waals surface area contributed by atoms with Gasteiger partial charge in [-0.3, -0.25) is 0 Å². The van der Waals surface area contributed by atoms with Crippen molar-refractivity contribution in [1.29, 1.82) is 0 Å². The lowest BCUT2D eigenvalue weighted by molar-refractivity contribution is 0.00855. The number of ether oxygens (including phenoxy) is 1. The van der Waals surface area contributed by atoms with Gasteiger partial charge in [0.05, 0.1) is 30.6 Å². The van der Waals surface area contributed by atoms with Crippen LogP contribution in [0, 0.1) is 0 Å². The zero-order valence-corrected chi connectivity index (χ0v) is 17.8. The quantitative estimate of drug-likeness (QED) is 0.499. The van der Waals surface area contributed by atoms with Crippen molar-refractivity contribution in [1.82, 2.24) is 20.3 Å². The molecule has 0 bridgehead atoms. The minimum atomic E-state index is 0.0837. The van der Waals surface area contributed by atoms with E-state index in [1.165, 1.54) is 21.9 Å². The Balaban J connectivity index is 1.35. The van der Waals surface area contributed by atoms with Gasteiger partial charge < -0.3 is 10.1 Å². The minimum absolute atomic E-state index is 0.0837. The van der Waals surface area contributed by atoms with Gasteiger partial charge in [0.15, 0.2) is 0 Å². The molecule has 5 rings (SSSR count). The predicted octanol–water partition coefficient (Wildman–Crippen LogP) is 4.70. The van der Waals surface area contributed by atoms with Crippen molar-refractivity contribution in [2.45, 2.75) is 38.0 Å². The summed E-state index contributed by atoms with van der Waals surface area (Å²) in [6.45, 7) is 4.59. The van der Waals surface area contributed by atoms with Gasteiger partial charge in [0.25, 0.3) is 0 Å². The van der Waals surface area contributed by atoms with Crippen LogP contribution in [0.1, 0.15) is 42.1 Å². The molecule has 2 heterocycles. The van der Waals surface area contributed by atoms with Crippen LogP contribution < -0.4 is 5.32 Å². The first-order chi connectivity index (χ1) is 15.3. The van der Waals surface area contributed by atoms with Crippen LogP contribution >= 0.6 is 0 Å². The van der Waals surface area contributed by atoms with E-state index >= 15 is 0 Å². The van der Waals surface area contributed by atoms with Crippen molar-refractivity contribution in [2.75, 3.05) is 13.1 Å². The van der Waals surface area contributed by atoms with Crippen LogP contribution in [-0.4, -0.2) is 34.2 Å². The van der Waals surface area contributed by atoms with E-state index in [9.17, 15) is 0 Å². The lowest BCUT2D eigenvalue weighted by Gasteiger charge is -2.33. The molecule has 1 aliphatic heterocycles. The number of nitrogens with zero attached hydrogens (tertiary/aromatic N) is 3. The molecule has 1 fully saturated rings. The first-order valence-electron chi connectivity index (χ1n) is 11.0. The maximum absolute atomic E-state index is 6.46. The Kier molecular flexibility index (Phi) is 5.78. The number of rotatable bonds is 6. The standard InChI is InChI=1S/C26H28N4O/c1-19(21-7-3-2-4-8-21)30-25(16-28-29-30)24-13-14-27-17-26(24)31-18-20-11-12-22-9-5-6-10-23(22)15-20/h2-12,15-16,19,24,26-27H,13-14,17-18H2,1H3/t19?,24-,26+/m0/s1. The van der Waals surface area contributed by atoms with Gasteiger partial charge in [-0.05, 0) is 47.9 Å². The third-order valence-corrected chi connectivity index (χ3v) is 6.34. The van der Waals surface area contributed by atoms with Crippen molar-refractivity contribution in [3.05, 3.63) is 95.8 Å². The number of piperidine rings is 1. The molecular formula is C26H28N4O. The second-order valence-corrected chi connectivity index (χ2v) is 8.32. The molecule has 0 amide bonds. The first-order valence-corrected chi connectivity index (χ1v) is 11.0. The third-order valence-electron chi connectivity index (χ3n) is 6.34. The molecule has 0 aliphatic carbocycles. The second-order valence-electron chi connectivity index (χ2n) is 8.32. The van der Waals surface area contributed by atoms with Gasteiger partial charge in [-0.25, -0.2) is 4.68 Å². The summed E-state index contributed by atoms with van der Waals surface area (Å²) in [5, 5.41) is 14.7. The van der Waals surface area contributed by atoms with Crippen molar-refractivity contribution in [3.63, 3.8) is 0 Å². The lowest BCUT2D eigenvalue weighted by Crippen LogP contribution is -2.41. The third kappa shape index (κ3) is 4.24. The lowest BCUT2D eigenvalue weighted by atomic mass is 9.91. The topological polar surface area (TPSA) is 52.0 Å². The number of hydrogen-bond donors (Lipinski definition) is 1. The molecule has 3 aromatic carbocycles. The van der Waals surface area contributed by atoms with Crippen LogP contribution in [-0.2, 0) is 11.3 Å². The molecule has 5 nitrogen and oxygen atoms in total. The van der Waals surface area contributed by atoms with Crippen LogP contribution in [0.3, 0.4) is 0 Å². The highest BCUT2D eigenvalue weighted by Crippen LogP contribution is 2.31. The summed E-state index contributed by atoms with van der Waals surface area (Å²) in [5.74, 6) is 0.267. The molecule has 1 aromatic heterocycles. The zero-order chi connectivity index (χ0) is 21.0. The van der Waals surface area contributed by atoms with E-state index in [4.69, 9.17) is 4.74 Å². The Bertz CT molecular complexity index is 1140. The largest absolute Gasteiger partial charge is 0.372 e. The van der Waals surface area contributed by atoms with Crippen molar-refractivity contribution in [2.24, 2.45) is 0 Å². The number of nitrogens with one attached hydrogen (secondary N) is 1. The van der Waals surface area contributed by atoms with Crippen molar-refractivity contribution in [3.8, 4) is 0 Å². The molecular weight excluding hydrogens is 384 g/mol. The fraction of sp³-hybridized carbons (Fsp3) is 0.308. The van der Waals surface area contributed by atoms with E-state index < -0.39 is 0 Å². The Labute approximate surface area is 183 Å². The molecule has 4 aromatic rings. The van der Waals surface area contributed by atoms with Crippen LogP contribution in [0.15, 0.2) is 79.0 Å². The van der Waals surface area contributed by atoms with E-state index in [1.807, 2.05) is 12.3 Å². The van der Waals surface area contributed by atoms with Crippen molar-refractivity contribution < 1.29 is 4.74 Å². The minimum Gasteiger partial charge on any atom is -0.372 e. The van der Waals surface area contributed by atoms with Gasteiger partial charge in [-0.15, -0.1) is 5.10 Å². The van der Waals surface area contributed by atoms with E-state index in [2.05, 4.69) is 94.0 Å². The summed E-state index contributed by atoms with van der Waals surface area (Å²) in [6.07, 6.45) is 3.01. The molecule has 0 spiro atoms. The van der Waals surface area contributed by atoms with Gasteiger partial charge in [0, 0.05) is 12.5 Å². The number of fused-ring (bicyclic) bond motifs is 1. The highest BCUT2D eigenvalue weighted by Gasteiger charge is 2.31.